The molecule has 3 rings (SSSR count). The van der Waals surface area contributed by atoms with E-state index in [4.69, 9.17) is 10.5 Å². The molecule has 0 aliphatic carbocycles. The quantitative estimate of drug-likeness (QED) is 0.508. The van der Waals surface area contributed by atoms with Gasteiger partial charge >= 0.3 is 6.18 Å². The lowest BCUT2D eigenvalue weighted by molar-refractivity contribution is -0.143. The molecule has 0 aliphatic heterocycles. The van der Waals surface area contributed by atoms with E-state index in [-0.39, 0.29) is 11.4 Å². The van der Waals surface area contributed by atoms with Crippen LogP contribution in [-0.4, -0.2) is 28.9 Å². The fraction of sp³-hybridized carbons (Fsp3) is 0.100. The van der Waals surface area contributed by atoms with Gasteiger partial charge in [0.1, 0.15) is 11.3 Å². The van der Waals surface area contributed by atoms with Crippen LogP contribution in [0, 0.1) is 17.5 Å². The largest absolute Gasteiger partial charge is 0.490 e. The molecule has 0 bridgehead atoms. The molecule has 34 heavy (non-hydrogen) atoms. The van der Waals surface area contributed by atoms with Crippen LogP contribution in [0.1, 0.15) is 26.5 Å². The van der Waals surface area contributed by atoms with E-state index in [1.807, 2.05) is 0 Å². The van der Waals surface area contributed by atoms with Crippen molar-refractivity contribution < 1.29 is 45.4 Å². The number of primary amides is 1. The van der Waals surface area contributed by atoms with Gasteiger partial charge in [-0.15, -0.1) is 0 Å². The summed E-state index contributed by atoms with van der Waals surface area (Å²) in [5, 5.41) is 2.08. The van der Waals surface area contributed by atoms with E-state index in [2.05, 4.69) is 20.0 Å². The van der Waals surface area contributed by atoms with Crippen molar-refractivity contribution in [3.8, 4) is 17.2 Å². The Morgan fingerprint density at radius 3 is 2.35 bits per heavy atom. The van der Waals surface area contributed by atoms with Gasteiger partial charge in [0, 0.05) is 11.9 Å². The highest BCUT2D eigenvalue weighted by atomic mass is 19.4. The molecule has 0 fully saturated rings. The zero-order valence-corrected chi connectivity index (χ0v) is 16.8. The number of hydrogen-bond acceptors (Lipinski definition) is 6. The number of halogens is 6. The summed E-state index contributed by atoms with van der Waals surface area (Å²) in [6.45, 7) is 0. The molecule has 2 amide bonds. The van der Waals surface area contributed by atoms with Gasteiger partial charge < -0.3 is 20.5 Å². The van der Waals surface area contributed by atoms with Crippen LogP contribution < -0.4 is 20.5 Å². The van der Waals surface area contributed by atoms with Crippen LogP contribution in [-0.2, 0) is 6.18 Å². The monoisotopic (exact) mass is 486 g/mol. The number of alkyl halides is 3. The molecule has 3 aromatic rings. The minimum Gasteiger partial charge on any atom is -0.490 e. The standard InChI is InChI=1S/C20H12F6N4O4/c1-33-16-11(3-2-9(21)14(16)22)34-12-7-29-17(20(24,25)26)15(23)13(12)19(32)30-8-4-5-28-10(6-8)18(27)31/h2-7H,1H3,(H2,27,31)(H,28,30,32). The second kappa shape index (κ2) is 9.25. The van der Waals surface area contributed by atoms with Gasteiger partial charge in [-0.1, -0.05) is 0 Å². The van der Waals surface area contributed by atoms with Crippen LogP contribution in [0.2, 0.25) is 0 Å². The van der Waals surface area contributed by atoms with Crippen LogP contribution in [0.25, 0.3) is 0 Å². The summed E-state index contributed by atoms with van der Waals surface area (Å²) in [4.78, 5) is 30.6. The fourth-order valence-electron chi connectivity index (χ4n) is 2.70. The number of ether oxygens (including phenoxy) is 2. The number of amides is 2. The number of benzene rings is 1. The Balaban J connectivity index is 2.11. The molecular formula is C20H12F6N4O4. The zero-order valence-electron chi connectivity index (χ0n) is 16.8. The van der Waals surface area contributed by atoms with Crippen LogP contribution in [0.4, 0.5) is 32.0 Å². The summed E-state index contributed by atoms with van der Waals surface area (Å²) >= 11 is 0. The van der Waals surface area contributed by atoms with Crippen molar-refractivity contribution in [1.29, 1.82) is 0 Å². The van der Waals surface area contributed by atoms with Crippen molar-refractivity contribution in [2.75, 3.05) is 12.4 Å². The van der Waals surface area contributed by atoms with Crippen molar-refractivity contribution in [2.45, 2.75) is 6.18 Å². The number of pyridine rings is 2. The summed E-state index contributed by atoms with van der Waals surface area (Å²) in [6.07, 6.45) is -3.85. The highest BCUT2D eigenvalue weighted by Crippen LogP contribution is 2.39. The number of anilines is 1. The van der Waals surface area contributed by atoms with Crippen molar-refractivity contribution in [1.82, 2.24) is 9.97 Å². The predicted molar refractivity (Wildman–Crippen MR) is 103 cm³/mol. The normalized spacial score (nSPS) is 11.1. The molecule has 8 nitrogen and oxygen atoms in total. The SMILES string of the molecule is COc1c(Oc2cnc(C(F)(F)F)c(F)c2C(=O)Nc2ccnc(C(N)=O)c2)ccc(F)c1F. The Labute approximate surface area is 186 Å². The highest BCUT2D eigenvalue weighted by molar-refractivity contribution is 6.07. The number of carbonyl (C=O) groups excluding carboxylic acids is 2. The molecule has 0 saturated carbocycles. The third-order valence-electron chi connectivity index (χ3n) is 4.19. The molecule has 2 aromatic heterocycles. The summed E-state index contributed by atoms with van der Waals surface area (Å²) in [5.41, 5.74) is 1.31. The van der Waals surface area contributed by atoms with E-state index >= 15 is 0 Å². The predicted octanol–water partition coefficient (Wildman–Crippen LogP) is 4.06. The molecule has 2 heterocycles. The second-order valence-electron chi connectivity index (χ2n) is 6.40. The minimum absolute atomic E-state index is 0.171. The van der Waals surface area contributed by atoms with Gasteiger partial charge in [0.05, 0.1) is 13.3 Å². The first-order valence-corrected chi connectivity index (χ1v) is 8.96. The van der Waals surface area contributed by atoms with E-state index in [0.29, 0.717) is 12.3 Å². The van der Waals surface area contributed by atoms with Crippen LogP contribution in [0.3, 0.4) is 0 Å². The van der Waals surface area contributed by atoms with E-state index in [0.717, 1.165) is 31.5 Å². The maximum absolute atomic E-state index is 14.8. The Morgan fingerprint density at radius 2 is 1.74 bits per heavy atom. The van der Waals surface area contributed by atoms with Crippen molar-refractivity contribution in [2.24, 2.45) is 5.73 Å². The maximum atomic E-state index is 14.8. The smallest absolute Gasteiger partial charge is 0.436 e. The van der Waals surface area contributed by atoms with E-state index < -0.39 is 63.9 Å². The number of aromatic nitrogens is 2. The lowest BCUT2D eigenvalue weighted by Crippen LogP contribution is -2.21. The average molecular weight is 486 g/mol. The molecular weight excluding hydrogens is 474 g/mol. The molecule has 1 aromatic carbocycles. The number of nitrogens with one attached hydrogen (secondary N) is 1. The van der Waals surface area contributed by atoms with Crippen LogP contribution >= 0.6 is 0 Å². The Hall–Kier alpha value is -4.36. The first-order valence-electron chi connectivity index (χ1n) is 8.96. The third kappa shape index (κ3) is 4.84. The van der Waals surface area contributed by atoms with Crippen molar-refractivity contribution in [3.63, 3.8) is 0 Å². The molecule has 0 radical (unpaired) electrons. The van der Waals surface area contributed by atoms with E-state index in [9.17, 15) is 35.9 Å². The minimum atomic E-state index is -5.28. The Bertz CT molecular complexity index is 1280. The molecule has 178 valence electrons. The van der Waals surface area contributed by atoms with Gasteiger partial charge in [0.25, 0.3) is 11.8 Å². The fourth-order valence-corrected chi connectivity index (χ4v) is 2.70. The maximum Gasteiger partial charge on any atom is 0.436 e. The third-order valence-corrected chi connectivity index (χ3v) is 4.19. The number of methoxy groups -OCH3 is 1. The number of rotatable bonds is 6. The van der Waals surface area contributed by atoms with Gasteiger partial charge in [-0.25, -0.2) is 13.8 Å². The van der Waals surface area contributed by atoms with Crippen molar-refractivity contribution >= 4 is 17.5 Å². The molecule has 14 heteroatoms. The number of nitrogens with two attached hydrogens (primary N) is 1. The molecule has 0 unspecified atom stereocenters. The average Bonchev–Trinajstić information content (AvgIpc) is 2.76. The molecule has 0 spiro atoms. The lowest BCUT2D eigenvalue weighted by Gasteiger charge is -2.16. The molecule has 0 saturated heterocycles. The number of carbonyl (C=O) groups is 2. The van der Waals surface area contributed by atoms with E-state index in [1.54, 1.807) is 0 Å². The second-order valence-corrected chi connectivity index (χ2v) is 6.40. The summed E-state index contributed by atoms with van der Waals surface area (Å²) in [7, 11) is 0.948. The summed E-state index contributed by atoms with van der Waals surface area (Å²) in [6, 6.07) is 3.59. The van der Waals surface area contributed by atoms with Gasteiger partial charge in [-0.2, -0.15) is 17.6 Å². The Morgan fingerprint density at radius 1 is 1.03 bits per heavy atom. The lowest BCUT2D eigenvalue weighted by atomic mass is 10.1. The highest BCUT2D eigenvalue weighted by Gasteiger charge is 2.39. The van der Waals surface area contributed by atoms with Crippen molar-refractivity contribution in [3.05, 3.63) is 71.1 Å². The Kier molecular flexibility index (Phi) is 6.61. The van der Waals surface area contributed by atoms with Gasteiger partial charge in [-0.3, -0.25) is 14.6 Å². The molecule has 0 atom stereocenters. The summed E-state index contributed by atoms with van der Waals surface area (Å²) in [5.74, 6) is -9.62. The molecule has 0 aliphatic rings. The number of nitrogens with zero attached hydrogens (tertiary/aromatic N) is 2. The van der Waals surface area contributed by atoms with Crippen LogP contribution in [0.15, 0.2) is 36.7 Å². The van der Waals surface area contributed by atoms with Crippen LogP contribution in [0.5, 0.6) is 17.2 Å². The molecule has 3 N–H and O–H groups in total. The van der Waals surface area contributed by atoms with E-state index in [1.165, 1.54) is 0 Å². The van der Waals surface area contributed by atoms with Gasteiger partial charge in [0.2, 0.25) is 11.6 Å². The van der Waals surface area contributed by atoms with Gasteiger partial charge in [-0.05, 0) is 24.3 Å². The first-order chi connectivity index (χ1) is 15.9. The number of hydrogen-bond donors (Lipinski definition) is 2. The first kappa shape index (κ1) is 24.3. The topological polar surface area (TPSA) is 116 Å². The zero-order chi connectivity index (χ0) is 25.2. The summed E-state index contributed by atoms with van der Waals surface area (Å²) < 4.78 is 91.7. The van der Waals surface area contributed by atoms with Gasteiger partial charge in [0.15, 0.2) is 28.8 Å².